The number of hydrogen-bond donors (Lipinski definition) is 3. The maximum absolute atomic E-state index is 12.2. The van der Waals surface area contributed by atoms with Crippen LogP contribution in [-0.4, -0.2) is 5.91 Å². The lowest BCUT2D eigenvalue weighted by molar-refractivity contribution is 0.102. The molecule has 0 saturated carbocycles. The van der Waals surface area contributed by atoms with Crippen LogP contribution in [0.2, 0.25) is 0 Å². The van der Waals surface area contributed by atoms with Gasteiger partial charge in [-0.05, 0) is 55.3 Å². The summed E-state index contributed by atoms with van der Waals surface area (Å²) in [4.78, 5) is 12.2. The van der Waals surface area contributed by atoms with E-state index in [2.05, 4.69) is 26.7 Å². The Labute approximate surface area is 126 Å². The van der Waals surface area contributed by atoms with E-state index in [0.29, 0.717) is 5.56 Å². The number of nitrogen functional groups attached to an aromatic ring is 1. The Bertz CT molecular complexity index is 656. The van der Waals surface area contributed by atoms with Gasteiger partial charge < -0.3 is 10.7 Å². The van der Waals surface area contributed by atoms with Crippen molar-refractivity contribution in [1.82, 2.24) is 0 Å². The van der Waals surface area contributed by atoms with Gasteiger partial charge in [-0.3, -0.25) is 10.6 Å². The highest BCUT2D eigenvalue weighted by Crippen LogP contribution is 2.22. The molecule has 5 heteroatoms. The Morgan fingerprint density at radius 1 is 1.10 bits per heavy atom. The van der Waals surface area contributed by atoms with Gasteiger partial charge in [-0.2, -0.15) is 0 Å². The molecule has 0 aliphatic heterocycles. The molecule has 1 amide bonds. The molecule has 104 valence electrons. The number of hydrogen-bond acceptors (Lipinski definition) is 3. The smallest absolute Gasteiger partial charge is 0.255 e. The molecule has 0 unspecified atom stereocenters. The summed E-state index contributed by atoms with van der Waals surface area (Å²) in [7, 11) is 0. The van der Waals surface area contributed by atoms with Crippen LogP contribution in [0.4, 0.5) is 11.4 Å². The molecule has 0 saturated heterocycles. The number of aryl methyl sites for hydroxylation is 2. The first-order chi connectivity index (χ1) is 9.51. The quantitative estimate of drug-likeness (QED) is 0.593. The second kappa shape index (κ2) is 6.07. The molecule has 0 fully saturated rings. The van der Waals surface area contributed by atoms with Crippen molar-refractivity contribution >= 4 is 33.2 Å². The number of anilines is 2. The number of amides is 1. The molecule has 0 heterocycles. The molecule has 0 aliphatic rings. The van der Waals surface area contributed by atoms with E-state index in [0.717, 1.165) is 27.0 Å². The third kappa shape index (κ3) is 3.18. The van der Waals surface area contributed by atoms with E-state index >= 15 is 0 Å². The first-order valence-corrected chi connectivity index (χ1v) is 6.95. The predicted octanol–water partition coefficient (Wildman–Crippen LogP) is 3.60. The fraction of sp³-hybridized carbons (Fsp3) is 0.133. The van der Waals surface area contributed by atoms with Crippen molar-refractivity contribution in [2.45, 2.75) is 13.8 Å². The van der Waals surface area contributed by atoms with Gasteiger partial charge in [0.2, 0.25) is 0 Å². The molecular weight excluding hydrogens is 318 g/mol. The second-order valence-electron chi connectivity index (χ2n) is 4.59. The molecule has 0 aromatic heterocycles. The maximum Gasteiger partial charge on any atom is 0.255 e. The summed E-state index contributed by atoms with van der Waals surface area (Å²) in [6.45, 7) is 3.89. The Hall–Kier alpha value is -1.85. The lowest BCUT2D eigenvalue weighted by atomic mass is 10.1. The van der Waals surface area contributed by atoms with Crippen LogP contribution in [0.5, 0.6) is 0 Å². The SMILES string of the molecule is Cc1ccc(NC(=O)c2ccc(NN)c(C)c2)cc1Br. The van der Waals surface area contributed by atoms with E-state index in [4.69, 9.17) is 5.84 Å². The van der Waals surface area contributed by atoms with E-state index in [9.17, 15) is 4.79 Å². The van der Waals surface area contributed by atoms with Crippen molar-refractivity contribution in [3.8, 4) is 0 Å². The summed E-state index contributed by atoms with van der Waals surface area (Å²) in [5.41, 5.74) is 6.79. The zero-order valence-electron chi connectivity index (χ0n) is 11.3. The number of carbonyl (C=O) groups excluding carboxylic acids is 1. The van der Waals surface area contributed by atoms with Crippen LogP contribution in [0, 0.1) is 13.8 Å². The Kier molecular flexibility index (Phi) is 4.42. The molecule has 2 aromatic carbocycles. The number of rotatable bonds is 3. The van der Waals surface area contributed by atoms with Crippen molar-refractivity contribution in [3.63, 3.8) is 0 Å². The van der Waals surface area contributed by atoms with Gasteiger partial charge in [-0.25, -0.2) is 0 Å². The van der Waals surface area contributed by atoms with Gasteiger partial charge in [-0.1, -0.05) is 22.0 Å². The molecule has 20 heavy (non-hydrogen) atoms. The average Bonchev–Trinajstić information content (AvgIpc) is 2.42. The molecule has 0 bridgehead atoms. The van der Waals surface area contributed by atoms with Crippen molar-refractivity contribution < 1.29 is 4.79 Å². The molecule has 2 aromatic rings. The summed E-state index contributed by atoms with van der Waals surface area (Å²) in [5.74, 6) is 5.23. The van der Waals surface area contributed by atoms with Crippen LogP contribution in [0.25, 0.3) is 0 Å². The van der Waals surface area contributed by atoms with Gasteiger partial charge >= 0.3 is 0 Å². The van der Waals surface area contributed by atoms with Gasteiger partial charge in [0.25, 0.3) is 5.91 Å². The van der Waals surface area contributed by atoms with Crippen LogP contribution in [0.3, 0.4) is 0 Å². The molecule has 0 atom stereocenters. The largest absolute Gasteiger partial charge is 0.324 e. The number of halogens is 1. The zero-order chi connectivity index (χ0) is 14.7. The molecule has 4 nitrogen and oxygen atoms in total. The fourth-order valence-corrected chi connectivity index (χ4v) is 2.22. The molecule has 4 N–H and O–H groups in total. The van der Waals surface area contributed by atoms with Crippen molar-refractivity contribution in [2.24, 2.45) is 5.84 Å². The summed E-state index contributed by atoms with van der Waals surface area (Å²) in [6, 6.07) is 11.0. The minimum Gasteiger partial charge on any atom is -0.324 e. The number of benzene rings is 2. The van der Waals surface area contributed by atoms with Gasteiger partial charge in [0.15, 0.2) is 0 Å². The van der Waals surface area contributed by atoms with Crippen molar-refractivity contribution in [2.75, 3.05) is 10.7 Å². The van der Waals surface area contributed by atoms with Gasteiger partial charge in [0.1, 0.15) is 0 Å². The molecule has 2 rings (SSSR count). The predicted molar refractivity (Wildman–Crippen MR) is 85.8 cm³/mol. The number of carbonyl (C=O) groups is 1. The maximum atomic E-state index is 12.2. The van der Waals surface area contributed by atoms with Gasteiger partial charge in [0, 0.05) is 15.7 Å². The van der Waals surface area contributed by atoms with Crippen LogP contribution < -0.4 is 16.6 Å². The summed E-state index contributed by atoms with van der Waals surface area (Å²) in [6.07, 6.45) is 0. The average molecular weight is 334 g/mol. The van der Waals surface area contributed by atoms with E-state index in [-0.39, 0.29) is 5.91 Å². The number of nitrogens with one attached hydrogen (secondary N) is 2. The first kappa shape index (κ1) is 14.6. The topological polar surface area (TPSA) is 67.2 Å². The van der Waals surface area contributed by atoms with Gasteiger partial charge in [0.05, 0.1) is 5.69 Å². The van der Waals surface area contributed by atoms with E-state index in [1.165, 1.54) is 0 Å². The Morgan fingerprint density at radius 3 is 2.45 bits per heavy atom. The number of hydrazine groups is 1. The highest BCUT2D eigenvalue weighted by molar-refractivity contribution is 9.10. The van der Waals surface area contributed by atoms with Crippen molar-refractivity contribution in [3.05, 3.63) is 57.6 Å². The third-order valence-corrected chi connectivity index (χ3v) is 3.93. The Balaban J connectivity index is 2.19. The zero-order valence-corrected chi connectivity index (χ0v) is 12.9. The minimum atomic E-state index is -0.146. The molecular formula is C15H16BrN3O. The minimum absolute atomic E-state index is 0.146. The fourth-order valence-electron chi connectivity index (χ4n) is 1.84. The van der Waals surface area contributed by atoms with Crippen LogP contribution >= 0.6 is 15.9 Å². The monoisotopic (exact) mass is 333 g/mol. The summed E-state index contributed by atoms with van der Waals surface area (Å²) < 4.78 is 0.967. The van der Waals surface area contributed by atoms with E-state index in [1.807, 2.05) is 32.0 Å². The van der Waals surface area contributed by atoms with Crippen LogP contribution in [-0.2, 0) is 0 Å². The lowest BCUT2D eigenvalue weighted by Crippen LogP contribution is -2.13. The molecule has 0 spiro atoms. The molecule has 0 radical (unpaired) electrons. The van der Waals surface area contributed by atoms with E-state index < -0.39 is 0 Å². The standard InChI is InChI=1S/C15H16BrN3O/c1-9-3-5-12(8-13(9)16)18-15(20)11-4-6-14(19-17)10(2)7-11/h3-8,19H,17H2,1-2H3,(H,18,20). The van der Waals surface area contributed by atoms with Gasteiger partial charge in [-0.15, -0.1) is 0 Å². The summed E-state index contributed by atoms with van der Waals surface area (Å²) >= 11 is 3.45. The normalized spacial score (nSPS) is 10.2. The lowest BCUT2D eigenvalue weighted by Gasteiger charge is -2.09. The highest BCUT2D eigenvalue weighted by Gasteiger charge is 2.08. The van der Waals surface area contributed by atoms with Crippen LogP contribution in [0.1, 0.15) is 21.5 Å². The Morgan fingerprint density at radius 2 is 1.85 bits per heavy atom. The first-order valence-electron chi connectivity index (χ1n) is 6.16. The van der Waals surface area contributed by atoms with E-state index in [1.54, 1.807) is 18.2 Å². The molecule has 0 aliphatic carbocycles. The van der Waals surface area contributed by atoms with Crippen molar-refractivity contribution in [1.29, 1.82) is 0 Å². The summed E-state index contributed by atoms with van der Waals surface area (Å²) in [5, 5.41) is 2.87. The highest BCUT2D eigenvalue weighted by atomic mass is 79.9. The number of nitrogens with two attached hydrogens (primary N) is 1. The second-order valence-corrected chi connectivity index (χ2v) is 5.45. The van der Waals surface area contributed by atoms with Crippen LogP contribution in [0.15, 0.2) is 40.9 Å². The third-order valence-electron chi connectivity index (χ3n) is 3.07.